The zero-order valence-electron chi connectivity index (χ0n) is 15.3. The summed E-state index contributed by atoms with van der Waals surface area (Å²) in [5.74, 6) is -0.342. The van der Waals surface area contributed by atoms with Crippen LogP contribution in [0.15, 0.2) is 60.9 Å². The molecule has 0 bridgehead atoms. The Labute approximate surface area is 158 Å². The van der Waals surface area contributed by atoms with E-state index in [-0.39, 0.29) is 18.2 Å². The number of aromatic amines is 1. The molecule has 0 saturated heterocycles. The van der Waals surface area contributed by atoms with E-state index in [1.165, 1.54) is 0 Å². The van der Waals surface area contributed by atoms with Crippen molar-refractivity contribution >= 4 is 11.8 Å². The molecule has 6 nitrogen and oxygen atoms in total. The summed E-state index contributed by atoms with van der Waals surface area (Å²) in [6.45, 7) is 1.96. The Morgan fingerprint density at radius 1 is 1.15 bits per heavy atom. The Kier molecular flexibility index (Phi) is 5.66. The molecule has 1 heterocycles. The van der Waals surface area contributed by atoms with Crippen LogP contribution < -0.4 is 10.6 Å². The Morgan fingerprint density at radius 3 is 2.56 bits per heavy atom. The molecule has 138 valence electrons. The van der Waals surface area contributed by atoms with Gasteiger partial charge in [-0.25, -0.2) is 0 Å². The highest BCUT2D eigenvalue weighted by atomic mass is 16.2. The molecule has 3 rings (SSSR count). The zero-order valence-corrected chi connectivity index (χ0v) is 15.3. The van der Waals surface area contributed by atoms with Gasteiger partial charge in [-0.2, -0.15) is 5.10 Å². The molecular formula is C21H22N4O2. The van der Waals surface area contributed by atoms with Gasteiger partial charge in [-0.3, -0.25) is 14.7 Å². The van der Waals surface area contributed by atoms with Gasteiger partial charge < -0.3 is 10.6 Å². The van der Waals surface area contributed by atoms with Crippen LogP contribution in [0, 0.1) is 6.92 Å². The first kappa shape index (κ1) is 18.4. The van der Waals surface area contributed by atoms with Gasteiger partial charge in [0.05, 0.1) is 18.7 Å². The number of rotatable bonds is 6. The van der Waals surface area contributed by atoms with Crippen LogP contribution in [0.5, 0.6) is 0 Å². The summed E-state index contributed by atoms with van der Waals surface area (Å²) in [6.07, 6.45) is 3.74. The van der Waals surface area contributed by atoms with Crippen LogP contribution in [-0.4, -0.2) is 29.1 Å². The number of nitrogens with zero attached hydrogens (tertiary/aromatic N) is 1. The molecular weight excluding hydrogens is 340 g/mol. The molecule has 0 aliphatic rings. The Hall–Kier alpha value is -3.41. The molecule has 0 aliphatic carbocycles. The van der Waals surface area contributed by atoms with Crippen molar-refractivity contribution in [1.29, 1.82) is 0 Å². The summed E-state index contributed by atoms with van der Waals surface area (Å²) < 4.78 is 0. The van der Waals surface area contributed by atoms with Crippen molar-refractivity contribution in [2.24, 2.45) is 0 Å². The molecule has 0 aliphatic heterocycles. The summed E-state index contributed by atoms with van der Waals surface area (Å²) in [6, 6.07) is 14.6. The maximum Gasteiger partial charge on any atom is 0.251 e. The number of aromatic nitrogens is 2. The fraction of sp³-hybridized carbons (Fsp3) is 0.190. The number of carbonyl (C=O) groups excluding carboxylic acids is 2. The molecule has 3 N–H and O–H groups in total. The molecule has 0 saturated carbocycles. The number of hydrogen-bond donors (Lipinski definition) is 3. The second kappa shape index (κ2) is 8.31. The van der Waals surface area contributed by atoms with Crippen molar-refractivity contribution in [3.63, 3.8) is 0 Å². The fourth-order valence-electron chi connectivity index (χ4n) is 2.99. The molecule has 6 heteroatoms. The number of hydrogen-bond acceptors (Lipinski definition) is 3. The molecule has 0 radical (unpaired) electrons. The van der Waals surface area contributed by atoms with E-state index < -0.39 is 6.04 Å². The van der Waals surface area contributed by atoms with E-state index >= 15 is 0 Å². The summed E-state index contributed by atoms with van der Waals surface area (Å²) >= 11 is 0. The van der Waals surface area contributed by atoms with Gasteiger partial charge in [0.1, 0.15) is 0 Å². The molecule has 2 amide bonds. The van der Waals surface area contributed by atoms with Gasteiger partial charge in [0, 0.05) is 24.4 Å². The van der Waals surface area contributed by atoms with Crippen LogP contribution in [0.4, 0.5) is 0 Å². The topological polar surface area (TPSA) is 86.9 Å². The molecule has 1 aromatic heterocycles. The number of amides is 2. The normalized spacial score (nSPS) is 11.6. The smallest absolute Gasteiger partial charge is 0.251 e. The predicted octanol–water partition coefficient (Wildman–Crippen LogP) is 2.99. The highest BCUT2D eigenvalue weighted by molar-refractivity contribution is 5.95. The summed E-state index contributed by atoms with van der Waals surface area (Å²) in [7, 11) is 1.59. The van der Waals surface area contributed by atoms with Gasteiger partial charge in [0.25, 0.3) is 5.91 Å². The van der Waals surface area contributed by atoms with Crippen LogP contribution in [0.2, 0.25) is 0 Å². The van der Waals surface area contributed by atoms with Gasteiger partial charge in [-0.1, -0.05) is 36.4 Å². The number of aryl methyl sites for hydroxylation is 1. The van der Waals surface area contributed by atoms with Crippen molar-refractivity contribution in [2.45, 2.75) is 19.4 Å². The van der Waals surface area contributed by atoms with Crippen molar-refractivity contribution < 1.29 is 9.59 Å². The molecule has 0 spiro atoms. The molecule has 1 unspecified atom stereocenters. The summed E-state index contributed by atoms with van der Waals surface area (Å²) in [4.78, 5) is 24.7. The maximum atomic E-state index is 12.8. The van der Waals surface area contributed by atoms with Gasteiger partial charge >= 0.3 is 0 Å². The zero-order chi connectivity index (χ0) is 19.2. The first-order valence-electron chi connectivity index (χ1n) is 8.74. The lowest BCUT2D eigenvalue weighted by Gasteiger charge is -2.19. The number of carbonyl (C=O) groups is 2. The van der Waals surface area contributed by atoms with E-state index in [0.29, 0.717) is 5.56 Å². The SMILES string of the molecule is CNC(=O)CC(NC(=O)c1ccc(-c2cn[nH]c2)c(C)c1)c1ccccc1. The molecule has 0 fully saturated rings. The van der Waals surface area contributed by atoms with Crippen molar-refractivity contribution in [3.8, 4) is 11.1 Å². The van der Waals surface area contributed by atoms with Crippen LogP contribution >= 0.6 is 0 Å². The van der Waals surface area contributed by atoms with Crippen molar-refractivity contribution in [1.82, 2.24) is 20.8 Å². The highest BCUT2D eigenvalue weighted by Crippen LogP contribution is 2.24. The first-order chi connectivity index (χ1) is 13.1. The summed E-state index contributed by atoms with van der Waals surface area (Å²) in [5.41, 5.74) is 4.41. The van der Waals surface area contributed by atoms with Crippen LogP contribution in [-0.2, 0) is 4.79 Å². The number of benzene rings is 2. The highest BCUT2D eigenvalue weighted by Gasteiger charge is 2.19. The van der Waals surface area contributed by atoms with E-state index in [1.807, 2.05) is 55.6 Å². The van der Waals surface area contributed by atoms with E-state index in [1.54, 1.807) is 19.3 Å². The average Bonchev–Trinajstić information content (AvgIpc) is 3.22. The van der Waals surface area contributed by atoms with Crippen LogP contribution in [0.1, 0.15) is 33.9 Å². The van der Waals surface area contributed by atoms with Gasteiger partial charge in [-0.05, 0) is 35.7 Å². The van der Waals surface area contributed by atoms with Crippen LogP contribution in [0.3, 0.4) is 0 Å². The lowest BCUT2D eigenvalue weighted by Crippen LogP contribution is -2.32. The minimum absolute atomic E-state index is 0.129. The Morgan fingerprint density at radius 2 is 1.93 bits per heavy atom. The predicted molar refractivity (Wildman–Crippen MR) is 104 cm³/mol. The van der Waals surface area contributed by atoms with E-state index in [9.17, 15) is 9.59 Å². The van der Waals surface area contributed by atoms with Gasteiger partial charge in [0.2, 0.25) is 5.91 Å². The van der Waals surface area contributed by atoms with Crippen LogP contribution in [0.25, 0.3) is 11.1 Å². The molecule has 3 aromatic rings. The van der Waals surface area contributed by atoms with Gasteiger partial charge in [-0.15, -0.1) is 0 Å². The minimum atomic E-state index is -0.396. The minimum Gasteiger partial charge on any atom is -0.359 e. The monoisotopic (exact) mass is 362 g/mol. The Balaban J connectivity index is 1.81. The largest absolute Gasteiger partial charge is 0.359 e. The van der Waals surface area contributed by atoms with E-state index in [0.717, 1.165) is 22.3 Å². The number of H-pyrrole nitrogens is 1. The standard InChI is InChI=1S/C21H22N4O2/c1-14-10-16(8-9-18(14)17-12-23-24-13-17)21(27)25-19(11-20(26)22-2)15-6-4-3-5-7-15/h3-10,12-13,19H,11H2,1-2H3,(H,22,26)(H,23,24)(H,25,27). The van der Waals surface area contributed by atoms with Crippen molar-refractivity contribution in [2.75, 3.05) is 7.05 Å². The quantitative estimate of drug-likeness (QED) is 0.630. The third-order valence-corrected chi connectivity index (χ3v) is 4.47. The molecule has 2 aromatic carbocycles. The van der Waals surface area contributed by atoms with E-state index in [4.69, 9.17) is 0 Å². The second-order valence-corrected chi connectivity index (χ2v) is 6.33. The lowest BCUT2D eigenvalue weighted by atomic mass is 9.99. The third-order valence-electron chi connectivity index (χ3n) is 4.47. The second-order valence-electron chi connectivity index (χ2n) is 6.33. The lowest BCUT2D eigenvalue weighted by molar-refractivity contribution is -0.121. The van der Waals surface area contributed by atoms with Gasteiger partial charge in [0.15, 0.2) is 0 Å². The Bertz CT molecular complexity index is 921. The third kappa shape index (κ3) is 4.41. The van der Waals surface area contributed by atoms with E-state index in [2.05, 4.69) is 20.8 Å². The maximum absolute atomic E-state index is 12.8. The van der Waals surface area contributed by atoms with Crippen molar-refractivity contribution in [3.05, 3.63) is 77.6 Å². The number of nitrogens with one attached hydrogen (secondary N) is 3. The molecule has 1 atom stereocenters. The summed E-state index contributed by atoms with van der Waals surface area (Å²) in [5, 5.41) is 12.3. The first-order valence-corrected chi connectivity index (χ1v) is 8.74. The fourth-order valence-corrected chi connectivity index (χ4v) is 2.99. The molecule has 27 heavy (non-hydrogen) atoms. The average molecular weight is 362 g/mol.